The molecule has 1 aromatic carbocycles. The SMILES string of the molecule is CCNC(Cc1cccnc1)Cc1cc(C)ccc1C. The predicted molar refractivity (Wildman–Crippen MR) is 85.0 cm³/mol. The summed E-state index contributed by atoms with van der Waals surface area (Å²) in [7, 11) is 0. The number of aromatic nitrogens is 1. The summed E-state index contributed by atoms with van der Waals surface area (Å²) >= 11 is 0. The highest BCUT2D eigenvalue weighted by molar-refractivity contribution is 5.31. The van der Waals surface area contributed by atoms with E-state index in [-0.39, 0.29) is 0 Å². The third kappa shape index (κ3) is 4.17. The van der Waals surface area contributed by atoms with E-state index in [4.69, 9.17) is 0 Å². The highest BCUT2D eigenvalue weighted by atomic mass is 14.9. The van der Waals surface area contributed by atoms with Crippen molar-refractivity contribution in [2.75, 3.05) is 6.54 Å². The van der Waals surface area contributed by atoms with Crippen LogP contribution in [0.2, 0.25) is 0 Å². The summed E-state index contributed by atoms with van der Waals surface area (Å²) in [5.41, 5.74) is 5.45. The van der Waals surface area contributed by atoms with E-state index in [2.05, 4.69) is 55.3 Å². The number of nitrogens with zero attached hydrogens (tertiary/aromatic N) is 1. The second-order valence-electron chi connectivity index (χ2n) is 5.45. The summed E-state index contributed by atoms with van der Waals surface area (Å²) < 4.78 is 0. The molecule has 106 valence electrons. The summed E-state index contributed by atoms with van der Waals surface area (Å²) in [6.45, 7) is 7.52. The number of pyridine rings is 1. The Balaban J connectivity index is 2.11. The van der Waals surface area contributed by atoms with Crippen molar-refractivity contribution in [1.82, 2.24) is 10.3 Å². The molecule has 0 aliphatic heterocycles. The van der Waals surface area contributed by atoms with Crippen LogP contribution in [0.15, 0.2) is 42.7 Å². The maximum Gasteiger partial charge on any atom is 0.0300 e. The molecule has 2 aromatic rings. The van der Waals surface area contributed by atoms with Gasteiger partial charge in [0.1, 0.15) is 0 Å². The molecule has 0 spiro atoms. The molecule has 0 aliphatic carbocycles. The summed E-state index contributed by atoms with van der Waals surface area (Å²) in [5, 5.41) is 3.60. The third-order valence-corrected chi connectivity index (χ3v) is 3.67. The van der Waals surface area contributed by atoms with Crippen LogP contribution in [0, 0.1) is 13.8 Å². The van der Waals surface area contributed by atoms with Gasteiger partial charge in [-0.2, -0.15) is 0 Å². The van der Waals surface area contributed by atoms with Gasteiger partial charge in [0.15, 0.2) is 0 Å². The van der Waals surface area contributed by atoms with E-state index in [1.54, 1.807) is 0 Å². The Labute approximate surface area is 122 Å². The van der Waals surface area contributed by atoms with E-state index in [9.17, 15) is 0 Å². The third-order valence-electron chi connectivity index (χ3n) is 3.67. The van der Waals surface area contributed by atoms with E-state index in [0.29, 0.717) is 6.04 Å². The topological polar surface area (TPSA) is 24.9 Å². The average Bonchev–Trinajstić information content (AvgIpc) is 2.44. The fraction of sp³-hybridized carbons (Fsp3) is 0.389. The lowest BCUT2D eigenvalue weighted by Crippen LogP contribution is -2.33. The number of rotatable bonds is 6. The quantitative estimate of drug-likeness (QED) is 0.868. The van der Waals surface area contributed by atoms with Crippen LogP contribution in [0.25, 0.3) is 0 Å². The van der Waals surface area contributed by atoms with Crippen LogP contribution < -0.4 is 5.32 Å². The molecule has 20 heavy (non-hydrogen) atoms. The molecule has 1 aromatic heterocycles. The minimum atomic E-state index is 0.463. The van der Waals surface area contributed by atoms with Gasteiger partial charge in [-0.1, -0.05) is 36.8 Å². The lowest BCUT2D eigenvalue weighted by Gasteiger charge is -2.19. The second-order valence-corrected chi connectivity index (χ2v) is 5.45. The average molecular weight is 268 g/mol. The van der Waals surface area contributed by atoms with E-state index in [0.717, 1.165) is 19.4 Å². The number of aryl methyl sites for hydroxylation is 2. The monoisotopic (exact) mass is 268 g/mol. The molecule has 2 rings (SSSR count). The molecule has 2 nitrogen and oxygen atoms in total. The molecule has 2 heteroatoms. The highest BCUT2D eigenvalue weighted by Crippen LogP contribution is 2.15. The Morgan fingerprint density at radius 1 is 1.15 bits per heavy atom. The molecule has 0 radical (unpaired) electrons. The molecule has 0 saturated carbocycles. The normalized spacial score (nSPS) is 12.3. The zero-order valence-electron chi connectivity index (χ0n) is 12.7. The van der Waals surface area contributed by atoms with Gasteiger partial charge >= 0.3 is 0 Å². The van der Waals surface area contributed by atoms with Crippen molar-refractivity contribution in [1.29, 1.82) is 0 Å². The Hall–Kier alpha value is -1.67. The largest absolute Gasteiger partial charge is 0.314 e. The zero-order chi connectivity index (χ0) is 14.4. The number of nitrogens with one attached hydrogen (secondary N) is 1. The Kier molecular flexibility index (Phi) is 5.31. The molecule has 0 aliphatic rings. The van der Waals surface area contributed by atoms with Crippen molar-refractivity contribution < 1.29 is 0 Å². The molecule has 0 bridgehead atoms. The molecule has 1 atom stereocenters. The molecule has 1 unspecified atom stereocenters. The summed E-state index contributed by atoms with van der Waals surface area (Å²) in [6, 6.07) is 11.3. The van der Waals surface area contributed by atoms with E-state index >= 15 is 0 Å². The van der Waals surface area contributed by atoms with Gasteiger partial charge in [-0.25, -0.2) is 0 Å². The Bertz CT molecular complexity index is 534. The van der Waals surface area contributed by atoms with Crippen LogP contribution in [0.1, 0.15) is 29.2 Å². The van der Waals surface area contributed by atoms with Crippen molar-refractivity contribution in [3.8, 4) is 0 Å². The molecule has 0 amide bonds. The molecule has 0 saturated heterocycles. The zero-order valence-corrected chi connectivity index (χ0v) is 12.7. The fourth-order valence-corrected chi connectivity index (χ4v) is 2.59. The maximum absolute atomic E-state index is 4.21. The van der Waals surface area contributed by atoms with Crippen LogP contribution in [0.3, 0.4) is 0 Å². The van der Waals surface area contributed by atoms with Gasteiger partial charge in [0, 0.05) is 18.4 Å². The van der Waals surface area contributed by atoms with Gasteiger partial charge in [-0.15, -0.1) is 0 Å². The Morgan fingerprint density at radius 3 is 2.70 bits per heavy atom. The van der Waals surface area contributed by atoms with Crippen molar-refractivity contribution in [2.24, 2.45) is 0 Å². The first-order valence-corrected chi connectivity index (χ1v) is 7.37. The first kappa shape index (κ1) is 14.7. The van der Waals surface area contributed by atoms with Crippen LogP contribution in [-0.2, 0) is 12.8 Å². The lowest BCUT2D eigenvalue weighted by molar-refractivity contribution is 0.520. The number of hydrogen-bond acceptors (Lipinski definition) is 2. The number of benzene rings is 1. The smallest absolute Gasteiger partial charge is 0.0300 e. The summed E-state index contributed by atoms with van der Waals surface area (Å²) in [6.07, 6.45) is 5.88. The minimum Gasteiger partial charge on any atom is -0.314 e. The van der Waals surface area contributed by atoms with Gasteiger partial charge in [0.2, 0.25) is 0 Å². The molecular formula is C18H24N2. The molecule has 0 fully saturated rings. The van der Waals surface area contributed by atoms with E-state index < -0.39 is 0 Å². The van der Waals surface area contributed by atoms with Gasteiger partial charge in [-0.05, 0) is 56.0 Å². The summed E-state index contributed by atoms with van der Waals surface area (Å²) in [5.74, 6) is 0. The standard InChI is InChI=1S/C18H24N2/c1-4-20-18(11-16-6-5-9-19-13-16)12-17-10-14(2)7-8-15(17)3/h5-10,13,18,20H,4,11-12H2,1-3H3. The van der Waals surface area contributed by atoms with Gasteiger partial charge < -0.3 is 5.32 Å². The van der Waals surface area contributed by atoms with Crippen LogP contribution in [-0.4, -0.2) is 17.6 Å². The van der Waals surface area contributed by atoms with Crippen molar-refractivity contribution in [3.63, 3.8) is 0 Å². The van der Waals surface area contributed by atoms with Gasteiger partial charge in [0.25, 0.3) is 0 Å². The number of likely N-dealkylation sites (N-methyl/N-ethyl adjacent to an activating group) is 1. The van der Waals surface area contributed by atoms with Crippen molar-refractivity contribution in [3.05, 3.63) is 65.0 Å². The molecule has 1 N–H and O–H groups in total. The lowest BCUT2D eigenvalue weighted by atomic mass is 9.95. The van der Waals surface area contributed by atoms with Gasteiger partial charge in [-0.3, -0.25) is 4.98 Å². The minimum absolute atomic E-state index is 0.463. The second kappa shape index (κ2) is 7.20. The van der Waals surface area contributed by atoms with Crippen LogP contribution in [0.4, 0.5) is 0 Å². The van der Waals surface area contributed by atoms with E-state index in [1.807, 2.05) is 18.5 Å². The maximum atomic E-state index is 4.21. The highest BCUT2D eigenvalue weighted by Gasteiger charge is 2.11. The Morgan fingerprint density at radius 2 is 2.00 bits per heavy atom. The molecular weight excluding hydrogens is 244 g/mol. The fourth-order valence-electron chi connectivity index (χ4n) is 2.59. The number of hydrogen-bond donors (Lipinski definition) is 1. The van der Waals surface area contributed by atoms with Gasteiger partial charge in [0.05, 0.1) is 0 Å². The first-order valence-electron chi connectivity index (χ1n) is 7.37. The van der Waals surface area contributed by atoms with Crippen LogP contribution in [0.5, 0.6) is 0 Å². The summed E-state index contributed by atoms with van der Waals surface area (Å²) in [4.78, 5) is 4.21. The first-order chi connectivity index (χ1) is 9.69. The van der Waals surface area contributed by atoms with Crippen molar-refractivity contribution >= 4 is 0 Å². The van der Waals surface area contributed by atoms with Crippen LogP contribution >= 0.6 is 0 Å². The van der Waals surface area contributed by atoms with E-state index in [1.165, 1.54) is 22.3 Å². The molecule has 1 heterocycles. The van der Waals surface area contributed by atoms with Crippen molar-refractivity contribution in [2.45, 2.75) is 39.7 Å². The predicted octanol–water partition coefficient (Wildman–Crippen LogP) is 3.46.